The Kier molecular flexibility index (Phi) is 5.84. The van der Waals surface area contributed by atoms with Gasteiger partial charge in [-0.25, -0.2) is 0 Å². The Morgan fingerprint density at radius 3 is 2.68 bits per heavy atom. The number of aliphatic hydroxyl groups excluding tert-OH is 1. The summed E-state index contributed by atoms with van der Waals surface area (Å²) in [5.41, 5.74) is 2.75. The zero-order chi connectivity index (χ0) is 17.6. The quantitative estimate of drug-likeness (QED) is 0.876. The zero-order valence-corrected chi connectivity index (χ0v) is 14.7. The maximum absolute atomic E-state index is 12.7. The summed E-state index contributed by atoms with van der Waals surface area (Å²) in [7, 11) is 0. The molecule has 3 rings (SSSR count). The standard InChI is InChI=1S/C21H26N2O2/c1-16(24)19-11-5-6-12-20(19)22-21(25)18-10-7-13-23(15-18)14-17-8-3-2-4-9-17/h2-6,8-9,11-12,16,18,24H,7,10,13-15H2,1H3,(H,22,25). The fourth-order valence-electron chi connectivity index (χ4n) is 3.46. The van der Waals surface area contributed by atoms with Gasteiger partial charge in [0.1, 0.15) is 0 Å². The molecule has 1 aliphatic heterocycles. The Hall–Kier alpha value is -2.17. The van der Waals surface area contributed by atoms with E-state index in [4.69, 9.17) is 0 Å². The Labute approximate surface area is 149 Å². The van der Waals surface area contributed by atoms with Crippen LogP contribution in [0.15, 0.2) is 54.6 Å². The number of hydrogen-bond acceptors (Lipinski definition) is 3. The molecule has 0 radical (unpaired) electrons. The van der Waals surface area contributed by atoms with Gasteiger partial charge in [0.25, 0.3) is 0 Å². The molecule has 0 bridgehead atoms. The number of nitrogens with zero attached hydrogens (tertiary/aromatic N) is 1. The third kappa shape index (κ3) is 4.68. The molecule has 0 aromatic heterocycles. The van der Waals surface area contributed by atoms with Gasteiger partial charge in [0, 0.05) is 24.3 Å². The number of hydrogen-bond donors (Lipinski definition) is 2. The first-order chi connectivity index (χ1) is 12.1. The van der Waals surface area contributed by atoms with Crippen LogP contribution < -0.4 is 5.32 Å². The largest absolute Gasteiger partial charge is 0.389 e. The predicted octanol–water partition coefficient (Wildman–Crippen LogP) is 3.59. The minimum Gasteiger partial charge on any atom is -0.389 e. The van der Waals surface area contributed by atoms with Crippen LogP contribution in [-0.4, -0.2) is 29.0 Å². The van der Waals surface area contributed by atoms with E-state index in [1.165, 1.54) is 5.56 Å². The van der Waals surface area contributed by atoms with E-state index in [1.807, 2.05) is 30.3 Å². The second-order valence-corrected chi connectivity index (χ2v) is 6.81. The highest BCUT2D eigenvalue weighted by Gasteiger charge is 2.26. The van der Waals surface area contributed by atoms with E-state index in [1.54, 1.807) is 6.92 Å². The number of carbonyl (C=O) groups is 1. The molecule has 2 N–H and O–H groups in total. The molecule has 1 amide bonds. The highest BCUT2D eigenvalue weighted by Crippen LogP contribution is 2.25. The molecule has 4 nitrogen and oxygen atoms in total. The van der Waals surface area contributed by atoms with Gasteiger partial charge in [-0.15, -0.1) is 0 Å². The molecular formula is C21H26N2O2. The molecule has 1 aliphatic rings. The van der Waals surface area contributed by atoms with Crippen molar-refractivity contribution in [3.8, 4) is 0 Å². The van der Waals surface area contributed by atoms with E-state index in [2.05, 4.69) is 34.5 Å². The second-order valence-electron chi connectivity index (χ2n) is 6.81. The second kappa shape index (κ2) is 8.28. The number of amides is 1. The summed E-state index contributed by atoms with van der Waals surface area (Å²) in [4.78, 5) is 15.1. The van der Waals surface area contributed by atoms with Crippen molar-refractivity contribution in [2.75, 3.05) is 18.4 Å². The first-order valence-corrected chi connectivity index (χ1v) is 8.97. The number of rotatable bonds is 5. The molecular weight excluding hydrogens is 312 g/mol. The molecule has 1 fully saturated rings. The van der Waals surface area contributed by atoms with Crippen molar-refractivity contribution < 1.29 is 9.90 Å². The highest BCUT2D eigenvalue weighted by molar-refractivity contribution is 5.93. The lowest BCUT2D eigenvalue weighted by molar-refractivity contribution is -0.121. The van der Waals surface area contributed by atoms with Crippen LogP contribution in [0.3, 0.4) is 0 Å². The van der Waals surface area contributed by atoms with E-state index >= 15 is 0 Å². The number of likely N-dealkylation sites (tertiary alicyclic amines) is 1. The van der Waals surface area contributed by atoms with Crippen LogP contribution in [0.4, 0.5) is 5.69 Å². The molecule has 132 valence electrons. The molecule has 1 heterocycles. The fraction of sp³-hybridized carbons (Fsp3) is 0.381. The van der Waals surface area contributed by atoms with Gasteiger partial charge in [0.05, 0.1) is 12.0 Å². The molecule has 1 saturated heterocycles. The van der Waals surface area contributed by atoms with Crippen molar-refractivity contribution >= 4 is 11.6 Å². The lowest BCUT2D eigenvalue weighted by Crippen LogP contribution is -2.40. The molecule has 0 saturated carbocycles. The molecule has 2 aromatic rings. The van der Waals surface area contributed by atoms with Gasteiger partial charge >= 0.3 is 0 Å². The monoisotopic (exact) mass is 338 g/mol. The molecule has 2 unspecified atom stereocenters. The number of benzene rings is 2. The number of piperidine rings is 1. The number of anilines is 1. The summed E-state index contributed by atoms with van der Waals surface area (Å²) in [6, 6.07) is 17.8. The topological polar surface area (TPSA) is 52.6 Å². The van der Waals surface area contributed by atoms with E-state index in [9.17, 15) is 9.90 Å². The molecule has 0 spiro atoms. The number of aliphatic hydroxyl groups is 1. The molecule has 2 atom stereocenters. The van der Waals surface area contributed by atoms with Gasteiger partial charge in [-0.2, -0.15) is 0 Å². The lowest BCUT2D eigenvalue weighted by Gasteiger charge is -2.32. The minimum absolute atomic E-state index is 0.0143. The minimum atomic E-state index is -0.600. The smallest absolute Gasteiger partial charge is 0.228 e. The summed E-state index contributed by atoms with van der Waals surface area (Å²) in [6.07, 6.45) is 1.34. The summed E-state index contributed by atoms with van der Waals surface area (Å²) in [5, 5.41) is 12.9. The number of para-hydroxylation sites is 1. The van der Waals surface area contributed by atoms with Crippen LogP contribution in [0.2, 0.25) is 0 Å². The van der Waals surface area contributed by atoms with Crippen molar-refractivity contribution in [1.82, 2.24) is 4.90 Å². The van der Waals surface area contributed by atoms with E-state index in [0.717, 1.165) is 38.0 Å². The summed E-state index contributed by atoms with van der Waals surface area (Å²) < 4.78 is 0. The van der Waals surface area contributed by atoms with Crippen LogP contribution >= 0.6 is 0 Å². The van der Waals surface area contributed by atoms with Crippen LogP contribution in [0, 0.1) is 5.92 Å². The lowest BCUT2D eigenvalue weighted by atomic mass is 9.96. The van der Waals surface area contributed by atoms with Crippen molar-refractivity contribution in [3.63, 3.8) is 0 Å². The summed E-state index contributed by atoms with van der Waals surface area (Å²) >= 11 is 0. The van der Waals surface area contributed by atoms with Gasteiger partial charge in [-0.3, -0.25) is 9.69 Å². The SMILES string of the molecule is CC(O)c1ccccc1NC(=O)C1CCCN(Cc2ccccc2)C1. The Morgan fingerprint density at radius 2 is 1.92 bits per heavy atom. The van der Waals surface area contributed by atoms with Crippen molar-refractivity contribution in [2.45, 2.75) is 32.4 Å². The number of carbonyl (C=O) groups excluding carboxylic acids is 1. The first kappa shape index (κ1) is 17.6. The van der Waals surface area contributed by atoms with Gasteiger partial charge in [0.15, 0.2) is 0 Å². The van der Waals surface area contributed by atoms with E-state index in [0.29, 0.717) is 5.69 Å². The zero-order valence-electron chi connectivity index (χ0n) is 14.7. The molecule has 0 aliphatic carbocycles. The maximum atomic E-state index is 12.7. The van der Waals surface area contributed by atoms with Gasteiger partial charge in [-0.1, -0.05) is 48.5 Å². The summed E-state index contributed by atoms with van der Waals surface area (Å²) in [6.45, 7) is 4.41. The average Bonchev–Trinajstić information content (AvgIpc) is 2.63. The molecule has 2 aromatic carbocycles. The molecule has 4 heteroatoms. The normalized spacial score (nSPS) is 19.4. The van der Waals surface area contributed by atoms with Gasteiger partial charge < -0.3 is 10.4 Å². The van der Waals surface area contributed by atoms with Crippen molar-refractivity contribution in [3.05, 3.63) is 65.7 Å². The third-order valence-electron chi connectivity index (χ3n) is 4.79. The number of nitrogens with one attached hydrogen (secondary N) is 1. The van der Waals surface area contributed by atoms with Crippen LogP contribution in [0.25, 0.3) is 0 Å². The van der Waals surface area contributed by atoms with Crippen LogP contribution in [-0.2, 0) is 11.3 Å². The van der Waals surface area contributed by atoms with Crippen LogP contribution in [0.1, 0.15) is 37.0 Å². The first-order valence-electron chi connectivity index (χ1n) is 8.97. The average molecular weight is 338 g/mol. The Balaban J connectivity index is 1.62. The van der Waals surface area contributed by atoms with Gasteiger partial charge in [0.2, 0.25) is 5.91 Å². The van der Waals surface area contributed by atoms with E-state index < -0.39 is 6.10 Å². The van der Waals surface area contributed by atoms with Crippen LogP contribution in [0.5, 0.6) is 0 Å². The Morgan fingerprint density at radius 1 is 1.20 bits per heavy atom. The van der Waals surface area contributed by atoms with Crippen molar-refractivity contribution in [1.29, 1.82) is 0 Å². The maximum Gasteiger partial charge on any atom is 0.228 e. The predicted molar refractivity (Wildman–Crippen MR) is 100 cm³/mol. The van der Waals surface area contributed by atoms with Crippen molar-refractivity contribution in [2.24, 2.45) is 5.92 Å². The van der Waals surface area contributed by atoms with Gasteiger partial charge in [-0.05, 0) is 37.9 Å². The Bertz CT molecular complexity index is 700. The summed E-state index contributed by atoms with van der Waals surface area (Å²) in [5.74, 6) is 0.0328. The van der Waals surface area contributed by atoms with E-state index in [-0.39, 0.29) is 11.8 Å². The molecule has 25 heavy (non-hydrogen) atoms. The third-order valence-corrected chi connectivity index (χ3v) is 4.79. The fourth-order valence-corrected chi connectivity index (χ4v) is 3.46. The highest BCUT2D eigenvalue weighted by atomic mass is 16.3.